The van der Waals surface area contributed by atoms with Gasteiger partial charge in [0.2, 0.25) is 0 Å². The molecule has 1 N–H and O–H groups in total. The van der Waals surface area contributed by atoms with Gasteiger partial charge in [-0.05, 0) is 140 Å². The van der Waals surface area contributed by atoms with Gasteiger partial charge in [-0.1, -0.05) is 18.3 Å². The van der Waals surface area contributed by atoms with E-state index in [1.54, 1.807) is 55.5 Å². The number of hydrogen-bond acceptors (Lipinski definition) is 8. The Balaban J connectivity index is 1.37. The summed E-state index contributed by atoms with van der Waals surface area (Å²) in [7, 11) is 0. The van der Waals surface area contributed by atoms with Crippen molar-refractivity contribution < 1.29 is 38.4 Å². The predicted octanol–water partition coefficient (Wildman–Crippen LogP) is 7.24. The third-order valence-electron chi connectivity index (χ3n) is 6.59. The Morgan fingerprint density at radius 2 is 1.24 bits per heavy atom. The number of carbonyl (C=O) groups is 3. The van der Waals surface area contributed by atoms with Gasteiger partial charge in [0.05, 0.1) is 24.3 Å². The van der Waals surface area contributed by atoms with Crippen molar-refractivity contribution in [2.24, 2.45) is 0 Å². The highest BCUT2D eigenvalue weighted by molar-refractivity contribution is 14.1. The number of benzene rings is 4. The number of aliphatic hydroxyl groups is 1. The van der Waals surface area contributed by atoms with Gasteiger partial charge < -0.3 is 24.1 Å². The van der Waals surface area contributed by atoms with Gasteiger partial charge in [0.15, 0.2) is 0 Å². The highest BCUT2D eigenvalue weighted by Crippen LogP contribution is 2.27. The monoisotopic (exact) mass is 732 g/mol. The maximum Gasteiger partial charge on any atom is 0.343 e. The van der Waals surface area contributed by atoms with Gasteiger partial charge in [-0.3, -0.25) is 0 Å². The van der Waals surface area contributed by atoms with Crippen LogP contribution in [0.25, 0.3) is 0 Å². The second-order valence-corrected chi connectivity index (χ2v) is 11.2. The van der Waals surface area contributed by atoms with Crippen molar-refractivity contribution in [3.8, 4) is 29.1 Å². The molecule has 0 aliphatic heterocycles. The topological polar surface area (TPSA) is 108 Å². The molecule has 9 heteroatoms. The minimum absolute atomic E-state index is 0.0319. The summed E-state index contributed by atoms with van der Waals surface area (Å²) >= 11 is 2.14. The molecule has 0 heterocycles. The standard InChI is InChI=1S/C37H33IO8/c1-2-43-37(42)33-25-32(45-35(40)29-15-17-30(38)18-16-29)21-22-34(33)46-36(41)28-13-9-26(10-14-28)7-8-27-11-19-31(20-12-27)44-24-6-4-3-5-23-39/h9-22,25,39H,2-6,23-24H2,1H3. The van der Waals surface area contributed by atoms with Crippen molar-refractivity contribution in [2.75, 3.05) is 19.8 Å². The lowest BCUT2D eigenvalue weighted by atomic mass is 10.1. The number of esters is 3. The number of unbranched alkanes of at least 4 members (excludes halogenated alkanes) is 3. The van der Waals surface area contributed by atoms with Crippen LogP contribution >= 0.6 is 22.6 Å². The lowest BCUT2D eigenvalue weighted by Gasteiger charge is -2.12. The van der Waals surface area contributed by atoms with Gasteiger partial charge in [0.25, 0.3) is 0 Å². The molecule has 0 fully saturated rings. The number of halogens is 1. The first-order valence-electron chi connectivity index (χ1n) is 14.8. The van der Waals surface area contributed by atoms with Crippen LogP contribution in [0.3, 0.4) is 0 Å². The molecule has 0 amide bonds. The summed E-state index contributed by atoms with van der Waals surface area (Å²) in [6, 6.07) is 25.1. The van der Waals surface area contributed by atoms with Crippen LogP contribution in [0.1, 0.15) is 74.8 Å². The molecule has 0 saturated heterocycles. The van der Waals surface area contributed by atoms with E-state index >= 15 is 0 Å². The van der Waals surface area contributed by atoms with Crippen molar-refractivity contribution in [1.29, 1.82) is 0 Å². The Labute approximate surface area is 281 Å². The van der Waals surface area contributed by atoms with E-state index in [2.05, 4.69) is 34.4 Å². The molecule has 236 valence electrons. The van der Waals surface area contributed by atoms with Crippen LogP contribution in [-0.4, -0.2) is 42.8 Å². The van der Waals surface area contributed by atoms with E-state index in [9.17, 15) is 14.4 Å². The number of rotatable bonds is 13. The Morgan fingerprint density at radius 1 is 0.674 bits per heavy atom. The third-order valence-corrected chi connectivity index (χ3v) is 7.31. The quantitative estimate of drug-likeness (QED) is 0.0505. The molecule has 0 unspecified atom stereocenters. The van der Waals surface area contributed by atoms with Gasteiger partial charge in [-0.25, -0.2) is 14.4 Å². The molecule has 0 bridgehead atoms. The van der Waals surface area contributed by atoms with Gasteiger partial charge in [0, 0.05) is 21.3 Å². The molecule has 0 saturated carbocycles. The zero-order chi connectivity index (χ0) is 32.7. The molecule has 0 aromatic heterocycles. The summed E-state index contributed by atoms with van der Waals surface area (Å²) in [6.45, 7) is 2.62. The van der Waals surface area contributed by atoms with Gasteiger partial charge in [0.1, 0.15) is 22.8 Å². The smallest absolute Gasteiger partial charge is 0.343 e. The van der Waals surface area contributed by atoms with Crippen molar-refractivity contribution in [3.63, 3.8) is 0 Å². The van der Waals surface area contributed by atoms with Crippen molar-refractivity contribution in [2.45, 2.75) is 32.6 Å². The number of hydrogen-bond donors (Lipinski definition) is 1. The number of aliphatic hydroxyl groups excluding tert-OH is 1. The molecule has 4 rings (SSSR count). The summed E-state index contributed by atoms with van der Waals surface area (Å²) in [6.07, 6.45) is 3.78. The lowest BCUT2D eigenvalue weighted by molar-refractivity contribution is 0.0518. The molecule has 4 aromatic carbocycles. The molecule has 0 aliphatic carbocycles. The van der Waals surface area contributed by atoms with E-state index in [1.807, 2.05) is 24.3 Å². The molecule has 0 spiro atoms. The van der Waals surface area contributed by atoms with Crippen LogP contribution in [0.4, 0.5) is 0 Å². The Kier molecular flexibility index (Phi) is 13.2. The maximum absolute atomic E-state index is 13.0. The van der Waals surface area contributed by atoms with Crippen LogP contribution in [0.2, 0.25) is 0 Å². The molecule has 4 aromatic rings. The first-order valence-corrected chi connectivity index (χ1v) is 15.9. The van der Waals surface area contributed by atoms with E-state index in [4.69, 9.17) is 24.1 Å². The lowest BCUT2D eigenvalue weighted by Crippen LogP contribution is -2.14. The van der Waals surface area contributed by atoms with Crippen LogP contribution in [0, 0.1) is 15.4 Å². The van der Waals surface area contributed by atoms with Gasteiger partial charge in [-0.15, -0.1) is 0 Å². The highest BCUT2D eigenvalue weighted by atomic mass is 127. The Morgan fingerprint density at radius 3 is 1.87 bits per heavy atom. The summed E-state index contributed by atoms with van der Waals surface area (Å²) in [5, 5.41) is 8.83. The fourth-order valence-electron chi connectivity index (χ4n) is 4.17. The first kappa shape index (κ1) is 34.2. The third kappa shape index (κ3) is 10.5. The number of carbonyl (C=O) groups excluding carboxylic acids is 3. The molecular weight excluding hydrogens is 699 g/mol. The fraction of sp³-hybridized carbons (Fsp3) is 0.216. The average Bonchev–Trinajstić information content (AvgIpc) is 3.07. The average molecular weight is 733 g/mol. The van der Waals surface area contributed by atoms with Crippen LogP contribution in [-0.2, 0) is 4.74 Å². The van der Waals surface area contributed by atoms with Crippen LogP contribution < -0.4 is 14.2 Å². The number of ether oxygens (including phenoxy) is 4. The Hall–Kier alpha value is -4.66. The first-order chi connectivity index (χ1) is 22.4. The maximum atomic E-state index is 13.0. The van der Waals surface area contributed by atoms with E-state index < -0.39 is 17.9 Å². The zero-order valence-corrected chi connectivity index (χ0v) is 27.5. The second-order valence-electron chi connectivity index (χ2n) is 10.0. The highest BCUT2D eigenvalue weighted by Gasteiger charge is 2.20. The summed E-state index contributed by atoms with van der Waals surface area (Å²) in [5.41, 5.74) is 2.07. The molecule has 46 heavy (non-hydrogen) atoms. The van der Waals surface area contributed by atoms with E-state index in [-0.39, 0.29) is 35.8 Å². The van der Waals surface area contributed by atoms with Crippen molar-refractivity contribution >= 4 is 40.5 Å². The molecule has 0 aliphatic rings. The predicted molar refractivity (Wildman–Crippen MR) is 181 cm³/mol. The molecule has 8 nitrogen and oxygen atoms in total. The van der Waals surface area contributed by atoms with Crippen molar-refractivity contribution in [3.05, 3.63) is 122 Å². The van der Waals surface area contributed by atoms with E-state index in [0.29, 0.717) is 17.7 Å². The summed E-state index contributed by atoms with van der Waals surface area (Å²) < 4.78 is 22.9. The second kappa shape index (κ2) is 17.7. The van der Waals surface area contributed by atoms with Gasteiger partial charge >= 0.3 is 17.9 Å². The molecule has 0 atom stereocenters. The molecule has 0 radical (unpaired) electrons. The van der Waals surface area contributed by atoms with E-state index in [0.717, 1.165) is 40.6 Å². The van der Waals surface area contributed by atoms with Crippen LogP contribution in [0.5, 0.6) is 17.2 Å². The molecular formula is C37H33IO8. The van der Waals surface area contributed by atoms with Crippen LogP contribution in [0.15, 0.2) is 91.0 Å². The zero-order valence-electron chi connectivity index (χ0n) is 25.3. The largest absolute Gasteiger partial charge is 0.494 e. The summed E-state index contributed by atoms with van der Waals surface area (Å²) in [5.74, 6) is 5.01. The minimum atomic E-state index is -0.725. The SMILES string of the molecule is CCOC(=O)c1cc(OC(=O)c2ccc(I)cc2)ccc1OC(=O)c1ccc(C#Cc2ccc(OCCCCCCO)cc2)cc1. The van der Waals surface area contributed by atoms with E-state index in [1.165, 1.54) is 18.2 Å². The Bertz CT molecular complexity index is 1690. The minimum Gasteiger partial charge on any atom is -0.494 e. The normalized spacial score (nSPS) is 10.3. The van der Waals surface area contributed by atoms with Crippen molar-refractivity contribution in [1.82, 2.24) is 0 Å². The summed E-state index contributed by atoms with van der Waals surface area (Å²) in [4.78, 5) is 38.2. The fourth-order valence-corrected chi connectivity index (χ4v) is 4.53. The van der Waals surface area contributed by atoms with Gasteiger partial charge in [-0.2, -0.15) is 0 Å².